The van der Waals surface area contributed by atoms with Crippen LogP contribution in [0.4, 0.5) is 4.79 Å². The Morgan fingerprint density at radius 3 is 2.60 bits per heavy atom. The molecule has 0 aliphatic heterocycles. The Labute approximate surface area is 87.0 Å². The second-order valence-electron chi connectivity index (χ2n) is 2.78. The average Bonchev–Trinajstić information content (AvgIpc) is 2.25. The zero-order chi connectivity index (χ0) is 11.1. The topological polar surface area (TPSA) is 84.6 Å². The van der Waals surface area contributed by atoms with Crippen molar-refractivity contribution in [3.63, 3.8) is 0 Å². The van der Waals surface area contributed by atoms with Crippen LogP contribution in [0.2, 0.25) is 0 Å². The summed E-state index contributed by atoms with van der Waals surface area (Å²) in [5.41, 5.74) is 7.39. The second kappa shape index (κ2) is 5.54. The lowest BCUT2D eigenvalue weighted by atomic mass is 10.1. The number of carbonyl (C=O) groups excluding carboxylic acids is 2. The summed E-state index contributed by atoms with van der Waals surface area (Å²) in [6.07, 6.45) is 1.43. The van der Waals surface area contributed by atoms with Gasteiger partial charge in [-0.05, 0) is 0 Å². The molecule has 0 aliphatic carbocycles. The van der Waals surface area contributed by atoms with Crippen LogP contribution in [-0.4, -0.2) is 18.0 Å². The summed E-state index contributed by atoms with van der Waals surface area (Å²) in [6.45, 7) is 0. The molecule has 0 heterocycles. The molecule has 1 aromatic carbocycles. The van der Waals surface area contributed by atoms with E-state index in [0.717, 1.165) is 0 Å². The predicted molar refractivity (Wildman–Crippen MR) is 56.6 cm³/mol. The van der Waals surface area contributed by atoms with Crippen LogP contribution in [0.15, 0.2) is 35.4 Å². The first kappa shape index (κ1) is 10.9. The fraction of sp³-hybridized carbons (Fsp3) is 0.100. The van der Waals surface area contributed by atoms with Crippen LogP contribution in [0.5, 0.6) is 0 Å². The van der Waals surface area contributed by atoms with E-state index in [2.05, 4.69) is 5.10 Å². The molecule has 0 aromatic heterocycles. The van der Waals surface area contributed by atoms with Crippen molar-refractivity contribution in [2.45, 2.75) is 6.42 Å². The molecule has 5 nitrogen and oxygen atoms in total. The third-order valence-corrected chi connectivity index (χ3v) is 1.64. The standard InChI is InChI=1S/C10H11N3O2/c11-10(15)13-12-7-6-9(14)8-4-2-1-3-5-8/h1-5,7H,6H2,(H3,11,13,15)/b12-7+. The summed E-state index contributed by atoms with van der Waals surface area (Å²) in [4.78, 5) is 21.7. The molecular formula is C10H11N3O2. The zero-order valence-corrected chi connectivity index (χ0v) is 8.01. The molecule has 5 heteroatoms. The molecule has 0 atom stereocenters. The van der Waals surface area contributed by atoms with Crippen LogP contribution in [0, 0.1) is 0 Å². The number of Topliss-reactive ketones (excluding diaryl/α,β-unsaturated/α-hetero) is 1. The van der Waals surface area contributed by atoms with Gasteiger partial charge in [-0.15, -0.1) is 0 Å². The minimum Gasteiger partial charge on any atom is -0.350 e. The Morgan fingerprint density at radius 1 is 1.33 bits per heavy atom. The molecule has 0 saturated carbocycles. The van der Waals surface area contributed by atoms with Gasteiger partial charge in [-0.25, -0.2) is 10.2 Å². The van der Waals surface area contributed by atoms with Gasteiger partial charge in [-0.3, -0.25) is 4.79 Å². The second-order valence-corrected chi connectivity index (χ2v) is 2.78. The van der Waals surface area contributed by atoms with Crippen LogP contribution in [0.3, 0.4) is 0 Å². The lowest BCUT2D eigenvalue weighted by Gasteiger charge is -1.95. The van der Waals surface area contributed by atoms with Crippen molar-refractivity contribution in [3.05, 3.63) is 35.9 Å². The molecule has 0 radical (unpaired) electrons. The van der Waals surface area contributed by atoms with Gasteiger partial charge in [0.1, 0.15) is 0 Å². The first-order valence-corrected chi connectivity index (χ1v) is 4.35. The van der Waals surface area contributed by atoms with Gasteiger partial charge in [0.15, 0.2) is 5.78 Å². The number of carbonyl (C=O) groups is 2. The van der Waals surface area contributed by atoms with Crippen molar-refractivity contribution < 1.29 is 9.59 Å². The predicted octanol–water partition coefficient (Wildman–Crippen LogP) is 0.914. The van der Waals surface area contributed by atoms with Crippen LogP contribution in [-0.2, 0) is 0 Å². The van der Waals surface area contributed by atoms with E-state index in [1.165, 1.54) is 6.21 Å². The van der Waals surface area contributed by atoms with E-state index in [1.54, 1.807) is 24.3 Å². The molecule has 2 amide bonds. The molecule has 1 aromatic rings. The minimum absolute atomic E-state index is 0.0642. The number of nitrogens with one attached hydrogen (secondary N) is 1. The highest BCUT2D eigenvalue weighted by atomic mass is 16.2. The monoisotopic (exact) mass is 205 g/mol. The third kappa shape index (κ3) is 4.04. The van der Waals surface area contributed by atoms with Gasteiger partial charge in [0.25, 0.3) is 0 Å². The van der Waals surface area contributed by atoms with E-state index in [4.69, 9.17) is 5.73 Å². The maximum Gasteiger partial charge on any atom is 0.332 e. The molecule has 1 rings (SSSR count). The molecule has 3 N–H and O–H groups in total. The Balaban J connectivity index is 2.44. The average molecular weight is 205 g/mol. The number of hydrogen-bond donors (Lipinski definition) is 2. The molecule has 15 heavy (non-hydrogen) atoms. The zero-order valence-electron chi connectivity index (χ0n) is 8.01. The first-order valence-electron chi connectivity index (χ1n) is 4.35. The van der Waals surface area contributed by atoms with E-state index in [1.807, 2.05) is 11.5 Å². The highest BCUT2D eigenvalue weighted by molar-refractivity contribution is 6.03. The molecule has 0 aliphatic rings. The van der Waals surface area contributed by atoms with Crippen molar-refractivity contribution in [1.29, 1.82) is 0 Å². The maximum atomic E-state index is 11.5. The molecule has 0 spiro atoms. The smallest absolute Gasteiger partial charge is 0.332 e. The van der Waals surface area contributed by atoms with Gasteiger partial charge in [-0.2, -0.15) is 5.10 Å². The van der Waals surface area contributed by atoms with Crippen molar-refractivity contribution in [2.75, 3.05) is 0 Å². The summed E-state index contributed by atoms with van der Waals surface area (Å²) in [7, 11) is 0. The van der Waals surface area contributed by atoms with Crippen LogP contribution in [0.1, 0.15) is 16.8 Å². The number of urea groups is 1. The number of nitrogens with zero attached hydrogens (tertiary/aromatic N) is 1. The highest BCUT2D eigenvalue weighted by Gasteiger charge is 2.01. The van der Waals surface area contributed by atoms with Crippen LogP contribution >= 0.6 is 0 Å². The molecular weight excluding hydrogens is 194 g/mol. The Kier molecular flexibility index (Phi) is 4.03. The molecule has 0 saturated heterocycles. The van der Waals surface area contributed by atoms with Crippen LogP contribution in [0.25, 0.3) is 0 Å². The number of amides is 2. The fourth-order valence-electron chi connectivity index (χ4n) is 0.980. The van der Waals surface area contributed by atoms with Crippen molar-refractivity contribution in [2.24, 2.45) is 10.8 Å². The first-order chi connectivity index (χ1) is 7.20. The van der Waals surface area contributed by atoms with Gasteiger partial charge in [0.2, 0.25) is 0 Å². The normalized spacial score (nSPS) is 10.1. The Bertz CT molecular complexity index is 374. The Hall–Kier alpha value is -2.17. The van der Waals surface area contributed by atoms with Crippen molar-refractivity contribution >= 4 is 18.0 Å². The lowest BCUT2D eigenvalue weighted by molar-refractivity contribution is 0.100. The summed E-state index contributed by atoms with van der Waals surface area (Å²) in [5, 5.41) is 3.47. The van der Waals surface area contributed by atoms with Crippen molar-refractivity contribution in [3.8, 4) is 0 Å². The fourth-order valence-corrected chi connectivity index (χ4v) is 0.980. The molecule has 78 valence electrons. The van der Waals surface area contributed by atoms with E-state index in [-0.39, 0.29) is 12.2 Å². The van der Waals surface area contributed by atoms with E-state index in [0.29, 0.717) is 5.56 Å². The van der Waals surface area contributed by atoms with Crippen molar-refractivity contribution in [1.82, 2.24) is 5.43 Å². The molecule has 0 unspecified atom stereocenters. The number of primary amides is 1. The quantitative estimate of drug-likeness (QED) is 0.435. The lowest BCUT2D eigenvalue weighted by Crippen LogP contribution is -2.24. The maximum absolute atomic E-state index is 11.5. The van der Waals surface area contributed by atoms with E-state index >= 15 is 0 Å². The summed E-state index contributed by atoms with van der Waals surface area (Å²) in [6, 6.07) is 8.09. The van der Waals surface area contributed by atoms with Gasteiger partial charge < -0.3 is 5.73 Å². The minimum atomic E-state index is -0.751. The van der Waals surface area contributed by atoms with E-state index in [9.17, 15) is 9.59 Å². The number of nitrogens with two attached hydrogens (primary N) is 1. The molecule has 0 fully saturated rings. The van der Waals surface area contributed by atoms with Gasteiger partial charge in [0.05, 0.1) is 0 Å². The number of hydrogen-bond acceptors (Lipinski definition) is 3. The van der Waals surface area contributed by atoms with Gasteiger partial charge >= 0.3 is 6.03 Å². The summed E-state index contributed by atoms with van der Waals surface area (Å²) < 4.78 is 0. The largest absolute Gasteiger partial charge is 0.350 e. The van der Waals surface area contributed by atoms with Gasteiger partial charge in [-0.1, -0.05) is 30.3 Å². The molecule has 0 bridgehead atoms. The number of benzene rings is 1. The third-order valence-electron chi connectivity index (χ3n) is 1.64. The number of hydrazone groups is 1. The Morgan fingerprint density at radius 2 is 2.00 bits per heavy atom. The summed E-state index contributed by atoms with van der Waals surface area (Å²) >= 11 is 0. The van der Waals surface area contributed by atoms with E-state index < -0.39 is 6.03 Å². The van der Waals surface area contributed by atoms with Crippen LogP contribution < -0.4 is 11.2 Å². The summed E-state index contributed by atoms with van der Waals surface area (Å²) in [5.74, 6) is -0.0642. The SMILES string of the molecule is NC(=O)N/N=C/CC(=O)c1ccccc1. The highest BCUT2D eigenvalue weighted by Crippen LogP contribution is 2.01. The number of rotatable bonds is 4. The number of ketones is 1. The van der Waals surface area contributed by atoms with Gasteiger partial charge in [0, 0.05) is 18.2 Å².